The van der Waals surface area contributed by atoms with Crippen LogP contribution < -0.4 is 0 Å². The number of unbranched alkanes of at least 4 members (excludes halogenated alkanes) is 1. The highest BCUT2D eigenvalue weighted by Gasteiger charge is 2.21. The van der Waals surface area contributed by atoms with Crippen LogP contribution in [0, 0.1) is 0 Å². The largest absolute Gasteiger partial charge is 0.309 e. The van der Waals surface area contributed by atoms with Crippen LogP contribution in [0.25, 0.3) is 93.6 Å². The number of nitrogens with zero attached hydrogens (tertiary/aromatic N) is 3. The summed E-state index contributed by atoms with van der Waals surface area (Å²) in [6.45, 7) is 2.26. The molecule has 0 unspecified atom stereocenters. The van der Waals surface area contributed by atoms with Crippen molar-refractivity contribution in [2.24, 2.45) is 0 Å². The Bertz CT molecular complexity index is 3210. The summed E-state index contributed by atoms with van der Waals surface area (Å²) in [5, 5.41) is 7.64. The third-order valence-electron chi connectivity index (χ3n) is 11.6. The molecule has 3 aromatic heterocycles. The summed E-state index contributed by atoms with van der Waals surface area (Å²) in [4.78, 5) is 0. The van der Waals surface area contributed by atoms with Gasteiger partial charge in [-0.15, -0.1) is 0 Å². The Morgan fingerprint density at radius 1 is 0.364 bits per heavy atom. The van der Waals surface area contributed by atoms with Gasteiger partial charge in [-0.25, -0.2) is 0 Å². The number of rotatable bonds is 7. The van der Waals surface area contributed by atoms with Gasteiger partial charge in [0.25, 0.3) is 0 Å². The molecule has 55 heavy (non-hydrogen) atoms. The van der Waals surface area contributed by atoms with Gasteiger partial charge >= 0.3 is 0 Å². The Balaban J connectivity index is 1.10. The molecule has 0 aliphatic rings. The first-order valence-electron chi connectivity index (χ1n) is 19.5. The summed E-state index contributed by atoms with van der Waals surface area (Å²) < 4.78 is 7.34. The van der Waals surface area contributed by atoms with E-state index in [0.717, 1.165) is 12.1 Å². The molecule has 11 rings (SSSR count). The number of aromatic nitrogens is 3. The summed E-state index contributed by atoms with van der Waals surface area (Å²) in [5.74, 6) is 0. The van der Waals surface area contributed by atoms with Gasteiger partial charge in [0.2, 0.25) is 0 Å². The second-order valence-corrected chi connectivity index (χ2v) is 14.8. The Labute approximate surface area is 319 Å². The molecule has 0 radical (unpaired) electrons. The molecule has 0 aliphatic carbocycles. The minimum atomic E-state index is 1.10. The summed E-state index contributed by atoms with van der Waals surface area (Å²) in [5.41, 5.74) is 14.7. The van der Waals surface area contributed by atoms with Crippen LogP contribution in [0.1, 0.15) is 25.3 Å². The predicted molar refractivity (Wildman–Crippen MR) is 234 cm³/mol. The second kappa shape index (κ2) is 12.6. The van der Waals surface area contributed by atoms with Gasteiger partial charge < -0.3 is 13.7 Å². The summed E-state index contributed by atoms with van der Waals surface area (Å²) >= 11 is 0. The maximum atomic E-state index is 2.48. The number of fused-ring (bicyclic) bond motifs is 10. The molecule has 0 aliphatic heterocycles. The third-order valence-corrected chi connectivity index (χ3v) is 11.6. The molecule has 3 nitrogen and oxygen atoms in total. The standard InChI is InChI=1S/C52H39N3/c1-2-3-14-35-23-29-42-43-30-26-37(34-50(43)54(49(42)33-35)39-17-8-5-9-18-39)36-24-27-40(28-25-36)55-46-21-12-10-19-41(46)44-31-32-48-51(52(44)55)45-20-11-13-22-47(45)53(48)38-15-6-4-7-16-38/h4-13,15-34H,2-3,14H2,1H3. The van der Waals surface area contributed by atoms with E-state index in [2.05, 4.69) is 203 Å². The molecular formula is C52H39N3. The van der Waals surface area contributed by atoms with Crippen molar-refractivity contribution in [3.05, 3.63) is 188 Å². The van der Waals surface area contributed by atoms with Crippen LogP contribution in [0.15, 0.2) is 182 Å². The van der Waals surface area contributed by atoms with Gasteiger partial charge in [-0.3, -0.25) is 0 Å². The monoisotopic (exact) mass is 705 g/mol. The van der Waals surface area contributed by atoms with Crippen molar-refractivity contribution in [2.45, 2.75) is 26.2 Å². The zero-order chi connectivity index (χ0) is 36.5. The summed E-state index contributed by atoms with van der Waals surface area (Å²) in [6, 6.07) is 67.1. The molecular weight excluding hydrogens is 667 g/mol. The lowest BCUT2D eigenvalue weighted by atomic mass is 10.0. The minimum Gasteiger partial charge on any atom is -0.309 e. The van der Waals surface area contributed by atoms with Crippen LogP contribution in [-0.2, 0) is 6.42 Å². The van der Waals surface area contributed by atoms with Crippen LogP contribution >= 0.6 is 0 Å². The molecule has 0 amide bonds. The Hall–Kier alpha value is -6.84. The Kier molecular flexibility index (Phi) is 7.28. The van der Waals surface area contributed by atoms with Gasteiger partial charge in [0.15, 0.2) is 0 Å². The van der Waals surface area contributed by atoms with Crippen LogP contribution in [0.4, 0.5) is 0 Å². The van der Waals surface area contributed by atoms with Crippen LogP contribution in [0.5, 0.6) is 0 Å². The number of aryl methyl sites for hydroxylation is 1. The zero-order valence-corrected chi connectivity index (χ0v) is 30.8. The Morgan fingerprint density at radius 3 is 1.60 bits per heavy atom. The van der Waals surface area contributed by atoms with Gasteiger partial charge in [-0.05, 0) is 96.3 Å². The summed E-state index contributed by atoms with van der Waals surface area (Å²) in [7, 11) is 0. The zero-order valence-electron chi connectivity index (χ0n) is 30.8. The topological polar surface area (TPSA) is 14.8 Å². The second-order valence-electron chi connectivity index (χ2n) is 14.8. The Morgan fingerprint density at radius 2 is 0.891 bits per heavy atom. The highest BCUT2D eigenvalue weighted by Crippen LogP contribution is 2.42. The quantitative estimate of drug-likeness (QED) is 0.157. The lowest BCUT2D eigenvalue weighted by Crippen LogP contribution is -1.96. The fourth-order valence-electron chi connectivity index (χ4n) is 9.07. The van der Waals surface area contributed by atoms with E-state index in [0.29, 0.717) is 0 Å². The third kappa shape index (κ3) is 4.90. The maximum absolute atomic E-state index is 2.48. The fraction of sp³-hybridized carbons (Fsp3) is 0.0769. The highest BCUT2D eigenvalue weighted by molar-refractivity contribution is 6.26. The lowest BCUT2D eigenvalue weighted by molar-refractivity contribution is 0.795. The van der Waals surface area contributed by atoms with E-state index in [1.54, 1.807) is 0 Å². The van der Waals surface area contributed by atoms with E-state index in [4.69, 9.17) is 0 Å². The van der Waals surface area contributed by atoms with E-state index in [9.17, 15) is 0 Å². The molecule has 3 heterocycles. The molecule has 8 aromatic carbocycles. The molecule has 0 spiro atoms. The molecule has 0 saturated heterocycles. The highest BCUT2D eigenvalue weighted by atomic mass is 15.0. The van der Waals surface area contributed by atoms with Crippen molar-refractivity contribution in [1.82, 2.24) is 13.7 Å². The van der Waals surface area contributed by atoms with E-state index in [1.165, 1.54) is 106 Å². The molecule has 262 valence electrons. The average Bonchev–Trinajstić information content (AvgIpc) is 3.88. The van der Waals surface area contributed by atoms with Crippen molar-refractivity contribution in [3.8, 4) is 28.2 Å². The van der Waals surface area contributed by atoms with Crippen LogP contribution in [0.3, 0.4) is 0 Å². The fourth-order valence-corrected chi connectivity index (χ4v) is 9.07. The first-order chi connectivity index (χ1) is 27.3. The van der Waals surface area contributed by atoms with E-state index < -0.39 is 0 Å². The van der Waals surface area contributed by atoms with Gasteiger partial charge in [-0.1, -0.05) is 129 Å². The summed E-state index contributed by atoms with van der Waals surface area (Å²) in [6.07, 6.45) is 3.50. The molecule has 0 N–H and O–H groups in total. The van der Waals surface area contributed by atoms with Crippen molar-refractivity contribution < 1.29 is 0 Å². The number of hydrogen-bond donors (Lipinski definition) is 0. The molecule has 0 bridgehead atoms. The van der Waals surface area contributed by atoms with Crippen LogP contribution in [0.2, 0.25) is 0 Å². The van der Waals surface area contributed by atoms with Crippen molar-refractivity contribution in [1.29, 1.82) is 0 Å². The number of benzene rings is 8. The average molecular weight is 706 g/mol. The van der Waals surface area contributed by atoms with E-state index >= 15 is 0 Å². The maximum Gasteiger partial charge on any atom is 0.0641 e. The molecule has 0 fully saturated rings. The van der Waals surface area contributed by atoms with E-state index in [1.807, 2.05) is 0 Å². The normalized spacial score (nSPS) is 11.9. The minimum absolute atomic E-state index is 1.10. The van der Waals surface area contributed by atoms with Crippen molar-refractivity contribution in [3.63, 3.8) is 0 Å². The van der Waals surface area contributed by atoms with Gasteiger partial charge in [0, 0.05) is 49.4 Å². The van der Waals surface area contributed by atoms with Gasteiger partial charge in [0.05, 0.1) is 33.1 Å². The molecule has 0 atom stereocenters. The van der Waals surface area contributed by atoms with Crippen LogP contribution in [-0.4, -0.2) is 13.7 Å². The smallest absolute Gasteiger partial charge is 0.0641 e. The molecule has 3 heteroatoms. The number of hydrogen-bond acceptors (Lipinski definition) is 0. The predicted octanol–water partition coefficient (Wildman–Crippen LogP) is 14.0. The lowest BCUT2D eigenvalue weighted by Gasteiger charge is -2.12. The van der Waals surface area contributed by atoms with E-state index in [-0.39, 0.29) is 0 Å². The molecule has 11 aromatic rings. The first kappa shape index (κ1) is 31.7. The number of para-hydroxylation sites is 4. The van der Waals surface area contributed by atoms with Crippen molar-refractivity contribution in [2.75, 3.05) is 0 Å². The van der Waals surface area contributed by atoms with Crippen molar-refractivity contribution >= 4 is 65.4 Å². The molecule has 0 saturated carbocycles. The van der Waals surface area contributed by atoms with Gasteiger partial charge in [-0.2, -0.15) is 0 Å². The first-order valence-corrected chi connectivity index (χ1v) is 19.5. The SMILES string of the molecule is CCCCc1ccc2c3ccc(-c4ccc(-n5c6ccccc6c6ccc7c(c8ccccc8n7-c7ccccc7)c65)cc4)cc3n(-c3ccccc3)c2c1. The van der Waals surface area contributed by atoms with Gasteiger partial charge in [0.1, 0.15) is 0 Å².